The number of hydrogen-bond donors (Lipinski definition) is 3. The molecule has 3 N–H and O–H groups in total. The summed E-state index contributed by atoms with van der Waals surface area (Å²) in [5.41, 5.74) is 5.97. The lowest BCUT2D eigenvalue weighted by Gasteiger charge is -2.34. The largest absolute Gasteiger partial charge is 0.324 e. The van der Waals surface area contributed by atoms with Crippen LogP contribution in [0.25, 0.3) is 0 Å². The van der Waals surface area contributed by atoms with E-state index in [1.54, 1.807) is 0 Å². The molecule has 3 aromatic rings. The van der Waals surface area contributed by atoms with Crippen LogP contribution in [0.15, 0.2) is 24.4 Å². The summed E-state index contributed by atoms with van der Waals surface area (Å²) in [5, 5.41) is 13.8. The van der Waals surface area contributed by atoms with Gasteiger partial charge in [0.15, 0.2) is 11.6 Å². The Labute approximate surface area is 191 Å². The number of aromatic nitrogens is 4. The highest BCUT2D eigenvalue weighted by atomic mass is 127. The molecule has 2 aromatic heterocycles. The van der Waals surface area contributed by atoms with Crippen LogP contribution in [0.1, 0.15) is 47.7 Å². The van der Waals surface area contributed by atoms with Gasteiger partial charge >= 0.3 is 0 Å². The third kappa shape index (κ3) is 4.59. The van der Waals surface area contributed by atoms with Crippen LogP contribution in [0.4, 0.5) is 23.3 Å². The number of anilines is 4. The molecule has 3 heterocycles. The van der Waals surface area contributed by atoms with Crippen LogP contribution in [0.5, 0.6) is 0 Å². The van der Waals surface area contributed by atoms with Gasteiger partial charge in [-0.05, 0) is 92.6 Å². The maximum absolute atomic E-state index is 4.66. The third-order valence-electron chi connectivity index (χ3n) is 5.69. The predicted molar refractivity (Wildman–Crippen MR) is 130 cm³/mol. The number of likely N-dealkylation sites (tertiary alicyclic amines) is 1. The Morgan fingerprint density at radius 2 is 1.93 bits per heavy atom. The lowest BCUT2D eigenvalue weighted by molar-refractivity contribution is 0.187. The van der Waals surface area contributed by atoms with Crippen molar-refractivity contribution in [3.8, 4) is 0 Å². The van der Waals surface area contributed by atoms with Gasteiger partial charge < -0.3 is 10.6 Å². The topological polar surface area (TPSA) is 81.8 Å². The first-order valence-corrected chi connectivity index (χ1v) is 11.4. The number of halogens is 1. The average molecular weight is 517 g/mol. The SMILES string of the molecule is Cc1cc(Nc2nc(Nc3cc(C)c(C4CCCCN4C)cc3C)ncc2I)n[nH]1. The fourth-order valence-electron chi connectivity index (χ4n) is 4.04. The van der Waals surface area contributed by atoms with E-state index in [0.717, 1.165) is 26.6 Å². The van der Waals surface area contributed by atoms with E-state index < -0.39 is 0 Å². The highest BCUT2D eigenvalue weighted by molar-refractivity contribution is 14.1. The lowest BCUT2D eigenvalue weighted by Crippen LogP contribution is -2.30. The highest BCUT2D eigenvalue weighted by Gasteiger charge is 2.23. The minimum Gasteiger partial charge on any atom is -0.324 e. The molecule has 0 bridgehead atoms. The van der Waals surface area contributed by atoms with Crippen molar-refractivity contribution in [3.05, 3.63) is 50.4 Å². The first kappa shape index (κ1) is 21.0. The summed E-state index contributed by atoms with van der Waals surface area (Å²) in [6, 6.07) is 7.00. The molecule has 0 aliphatic carbocycles. The molecular formula is C22H28IN7. The van der Waals surface area contributed by atoms with E-state index in [0.29, 0.717) is 12.0 Å². The van der Waals surface area contributed by atoms with Gasteiger partial charge in [-0.25, -0.2) is 4.98 Å². The van der Waals surface area contributed by atoms with Gasteiger partial charge in [0.2, 0.25) is 5.95 Å². The van der Waals surface area contributed by atoms with E-state index >= 15 is 0 Å². The summed E-state index contributed by atoms with van der Waals surface area (Å²) in [4.78, 5) is 11.6. The molecule has 1 unspecified atom stereocenters. The minimum absolute atomic E-state index is 0.508. The summed E-state index contributed by atoms with van der Waals surface area (Å²) in [7, 11) is 2.24. The van der Waals surface area contributed by atoms with Gasteiger partial charge in [-0.1, -0.05) is 12.5 Å². The van der Waals surface area contributed by atoms with Crippen molar-refractivity contribution in [1.29, 1.82) is 0 Å². The Balaban J connectivity index is 1.56. The summed E-state index contributed by atoms with van der Waals surface area (Å²) in [6.07, 6.45) is 5.63. The monoisotopic (exact) mass is 517 g/mol. The Hall–Kier alpha value is -2.20. The van der Waals surface area contributed by atoms with Crippen molar-refractivity contribution in [3.63, 3.8) is 0 Å². The molecule has 0 amide bonds. The van der Waals surface area contributed by atoms with Gasteiger partial charge in [-0.3, -0.25) is 10.00 Å². The average Bonchev–Trinajstić information content (AvgIpc) is 3.12. The van der Waals surface area contributed by atoms with E-state index in [4.69, 9.17) is 0 Å². The van der Waals surface area contributed by atoms with E-state index in [1.807, 2.05) is 19.2 Å². The van der Waals surface area contributed by atoms with Crippen molar-refractivity contribution < 1.29 is 0 Å². The lowest BCUT2D eigenvalue weighted by atomic mass is 9.91. The number of aromatic amines is 1. The first-order chi connectivity index (χ1) is 14.4. The number of aryl methyl sites for hydroxylation is 3. The molecule has 7 nitrogen and oxygen atoms in total. The molecular weight excluding hydrogens is 489 g/mol. The van der Waals surface area contributed by atoms with Crippen LogP contribution < -0.4 is 10.6 Å². The summed E-state index contributed by atoms with van der Waals surface area (Å²) in [6.45, 7) is 7.48. The molecule has 0 saturated carbocycles. The Kier molecular flexibility index (Phi) is 6.24. The Morgan fingerprint density at radius 1 is 1.10 bits per heavy atom. The fourth-order valence-corrected chi connectivity index (χ4v) is 4.43. The van der Waals surface area contributed by atoms with Gasteiger partial charge in [0.1, 0.15) is 0 Å². The Bertz CT molecular complexity index is 1050. The number of piperidine rings is 1. The molecule has 0 radical (unpaired) electrons. The molecule has 8 heteroatoms. The number of nitrogens with one attached hydrogen (secondary N) is 3. The van der Waals surface area contributed by atoms with Crippen LogP contribution in [0.2, 0.25) is 0 Å². The zero-order valence-corrected chi connectivity index (χ0v) is 20.0. The molecule has 1 fully saturated rings. The summed E-state index contributed by atoms with van der Waals surface area (Å²) >= 11 is 2.23. The number of H-pyrrole nitrogens is 1. The standard InChI is InChI=1S/C22H28IN7/c1-13-10-18(14(2)9-16(13)19-7-5-6-8-30(19)4)25-22-24-12-17(23)21(27-22)26-20-11-15(3)28-29-20/h9-12,19H,5-8H2,1-4H3,(H3,24,25,26,27,28,29). The highest BCUT2D eigenvalue weighted by Crippen LogP contribution is 2.34. The minimum atomic E-state index is 0.508. The van der Waals surface area contributed by atoms with Crippen molar-refractivity contribution in [2.24, 2.45) is 0 Å². The predicted octanol–water partition coefficient (Wildman–Crippen LogP) is 5.37. The molecule has 1 atom stereocenters. The van der Waals surface area contributed by atoms with Gasteiger partial charge in [0.25, 0.3) is 0 Å². The zero-order chi connectivity index (χ0) is 21.3. The molecule has 1 aromatic carbocycles. The second kappa shape index (κ2) is 8.89. The van der Waals surface area contributed by atoms with Crippen LogP contribution in [0.3, 0.4) is 0 Å². The van der Waals surface area contributed by atoms with Crippen LogP contribution in [-0.2, 0) is 0 Å². The molecule has 0 spiro atoms. The molecule has 1 saturated heterocycles. The first-order valence-electron chi connectivity index (χ1n) is 10.3. The van der Waals surface area contributed by atoms with E-state index in [1.165, 1.54) is 42.5 Å². The van der Waals surface area contributed by atoms with Crippen molar-refractivity contribution in [1.82, 2.24) is 25.1 Å². The van der Waals surface area contributed by atoms with Gasteiger partial charge in [0.05, 0.1) is 3.57 Å². The molecule has 158 valence electrons. The van der Waals surface area contributed by atoms with Gasteiger partial charge in [-0.15, -0.1) is 0 Å². The van der Waals surface area contributed by atoms with E-state index in [-0.39, 0.29) is 0 Å². The van der Waals surface area contributed by atoms with E-state index in [2.05, 4.69) is 91.3 Å². The number of benzene rings is 1. The smallest absolute Gasteiger partial charge is 0.229 e. The number of rotatable bonds is 5. The second-order valence-electron chi connectivity index (χ2n) is 8.09. The maximum atomic E-state index is 4.66. The van der Waals surface area contributed by atoms with Crippen LogP contribution >= 0.6 is 22.6 Å². The normalized spacial score (nSPS) is 17.2. The third-order valence-corrected chi connectivity index (χ3v) is 6.47. The Morgan fingerprint density at radius 3 is 2.67 bits per heavy atom. The molecule has 30 heavy (non-hydrogen) atoms. The van der Waals surface area contributed by atoms with E-state index in [9.17, 15) is 0 Å². The van der Waals surface area contributed by atoms with Gasteiger partial charge in [-0.2, -0.15) is 10.1 Å². The quantitative estimate of drug-likeness (QED) is 0.395. The van der Waals surface area contributed by atoms with Crippen molar-refractivity contribution >= 4 is 45.9 Å². The number of nitrogens with zero attached hydrogens (tertiary/aromatic N) is 4. The fraction of sp³-hybridized carbons (Fsp3) is 0.409. The zero-order valence-electron chi connectivity index (χ0n) is 17.9. The van der Waals surface area contributed by atoms with Crippen LogP contribution in [0, 0.1) is 24.3 Å². The van der Waals surface area contributed by atoms with Gasteiger partial charge in [0, 0.05) is 29.7 Å². The number of hydrogen-bond acceptors (Lipinski definition) is 6. The second-order valence-corrected chi connectivity index (χ2v) is 9.25. The van der Waals surface area contributed by atoms with Crippen molar-refractivity contribution in [2.45, 2.75) is 46.1 Å². The van der Waals surface area contributed by atoms with Crippen molar-refractivity contribution in [2.75, 3.05) is 24.2 Å². The molecule has 1 aliphatic heterocycles. The molecule has 1 aliphatic rings. The summed E-state index contributed by atoms with van der Waals surface area (Å²) in [5.74, 6) is 2.03. The molecule has 4 rings (SSSR count). The summed E-state index contributed by atoms with van der Waals surface area (Å²) < 4.78 is 0.933. The maximum Gasteiger partial charge on any atom is 0.229 e. The van der Waals surface area contributed by atoms with Crippen LogP contribution in [-0.4, -0.2) is 38.7 Å².